The fourth-order valence-corrected chi connectivity index (χ4v) is 5.06. The second-order valence-electron chi connectivity index (χ2n) is 8.69. The summed E-state index contributed by atoms with van der Waals surface area (Å²) in [4.78, 5) is 0. The van der Waals surface area contributed by atoms with E-state index in [9.17, 15) is 4.39 Å². The highest BCUT2D eigenvalue weighted by Crippen LogP contribution is 2.47. The summed E-state index contributed by atoms with van der Waals surface area (Å²) in [6.07, 6.45) is 1.96. The van der Waals surface area contributed by atoms with Gasteiger partial charge in [0.1, 0.15) is 5.82 Å². The van der Waals surface area contributed by atoms with Crippen molar-refractivity contribution in [1.82, 2.24) is 0 Å². The van der Waals surface area contributed by atoms with E-state index in [1.165, 1.54) is 38.9 Å². The summed E-state index contributed by atoms with van der Waals surface area (Å²) in [6, 6.07) is 31.7. The maximum atomic E-state index is 13.5. The van der Waals surface area contributed by atoms with E-state index in [-0.39, 0.29) is 11.7 Å². The number of hydrogen-bond acceptors (Lipinski definition) is 0. The third-order valence-corrected chi connectivity index (χ3v) is 6.72. The molecule has 0 bridgehead atoms. The van der Waals surface area contributed by atoms with Crippen LogP contribution in [0.15, 0.2) is 91.0 Å². The van der Waals surface area contributed by atoms with Gasteiger partial charge in [-0.2, -0.15) is 0 Å². The molecule has 5 rings (SSSR count). The van der Waals surface area contributed by atoms with Crippen molar-refractivity contribution in [3.63, 3.8) is 0 Å². The molecule has 154 valence electrons. The van der Waals surface area contributed by atoms with E-state index >= 15 is 0 Å². The van der Waals surface area contributed by atoms with Crippen molar-refractivity contribution in [3.8, 4) is 11.1 Å². The second kappa shape index (κ2) is 8.15. The summed E-state index contributed by atoms with van der Waals surface area (Å²) >= 11 is 0. The van der Waals surface area contributed by atoms with Crippen molar-refractivity contribution in [3.05, 3.63) is 130 Å². The van der Waals surface area contributed by atoms with Gasteiger partial charge in [0.25, 0.3) is 0 Å². The van der Waals surface area contributed by atoms with Gasteiger partial charge in [0.05, 0.1) is 0 Å². The molecule has 4 aromatic rings. The summed E-state index contributed by atoms with van der Waals surface area (Å²) in [5.74, 6) is 0.523. The van der Waals surface area contributed by atoms with Crippen LogP contribution in [0.3, 0.4) is 0 Å². The van der Waals surface area contributed by atoms with Crippen LogP contribution in [0, 0.1) is 12.7 Å². The normalized spacial score (nSPS) is 15.4. The summed E-state index contributed by atoms with van der Waals surface area (Å²) in [7, 11) is 0. The predicted molar refractivity (Wildman–Crippen MR) is 127 cm³/mol. The van der Waals surface area contributed by atoms with Crippen molar-refractivity contribution >= 4 is 0 Å². The first-order chi connectivity index (χ1) is 15.1. The Kier molecular flexibility index (Phi) is 5.19. The van der Waals surface area contributed by atoms with Gasteiger partial charge < -0.3 is 0 Å². The molecule has 2 atom stereocenters. The monoisotopic (exact) mass is 406 g/mol. The van der Waals surface area contributed by atoms with Gasteiger partial charge in [-0.15, -0.1) is 0 Å². The van der Waals surface area contributed by atoms with Crippen LogP contribution in [0.4, 0.5) is 4.39 Å². The molecule has 0 saturated heterocycles. The SMILES string of the molecule is CCC1c2ccccc2-c2cc(C(Cc3ccc(F)cc3)c3ccc(C)cc3)ccc21. The molecule has 1 aliphatic rings. The zero-order chi connectivity index (χ0) is 21.4. The average molecular weight is 407 g/mol. The second-order valence-corrected chi connectivity index (χ2v) is 8.69. The first-order valence-corrected chi connectivity index (χ1v) is 11.2. The Morgan fingerprint density at radius 1 is 0.742 bits per heavy atom. The zero-order valence-corrected chi connectivity index (χ0v) is 18.1. The predicted octanol–water partition coefficient (Wildman–Crippen LogP) is 8.03. The molecule has 0 radical (unpaired) electrons. The highest BCUT2D eigenvalue weighted by Gasteiger charge is 2.28. The van der Waals surface area contributed by atoms with E-state index in [2.05, 4.69) is 80.6 Å². The minimum absolute atomic E-state index is 0.185. The standard InChI is InChI=1S/C30H27F/c1-3-25-26-6-4-5-7-27(26)30-19-23(14-17-28(25)30)29(22-12-8-20(2)9-13-22)18-21-10-15-24(31)16-11-21/h4-17,19,25,29H,3,18H2,1-2H3. The van der Waals surface area contributed by atoms with E-state index in [1.54, 1.807) is 12.1 Å². The van der Waals surface area contributed by atoms with Crippen LogP contribution >= 0.6 is 0 Å². The summed E-state index contributed by atoms with van der Waals surface area (Å²) in [5.41, 5.74) is 10.7. The van der Waals surface area contributed by atoms with Crippen molar-refractivity contribution in [2.75, 3.05) is 0 Å². The van der Waals surface area contributed by atoms with Crippen LogP contribution < -0.4 is 0 Å². The van der Waals surface area contributed by atoms with Crippen LogP contribution in [0.1, 0.15) is 58.6 Å². The highest BCUT2D eigenvalue weighted by atomic mass is 19.1. The lowest BCUT2D eigenvalue weighted by Crippen LogP contribution is -2.06. The Labute approximate surface area is 184 Å². The maximum Gasteiger partial charge on any atom is 0.123 e. The van der Waals surface area contributed by atoms with Crippen LogP contribution in [0.2, 0.25) is 0 Å². The molecule has 0 spiro atoms. The number of benzene rings is 4. The Hall–Kier alpha value is -3.19. The molecule has 4 aromatic carbocycles. The minimum atomic E-state index is -0.185. The van der Waals surface area contributed by atoms with E-state index < -0.39 is 0 Å². The highest BCUT2D eigenvalue weighted by molar-refractivity contribution is 5.79. The van der Waals surface area contributed by atoms with Crippen LogP contribution in [-0.4, -0.2) is 0 Å². The molecule has 2 unspecified atom stereocenters. The van der Waals surface area contributed by atoms with Gasteiger partial charge >= 0.3 is 0 Å². The quantitative estimate of drug-likeness (QED) is 0.315. The van der Waals surface area contributed by atoms with Crippen molar-refractivity contribution in [2.45, 2.75) is 38.5 Å². The number of fused-ring (bicyclic) bond motifs is 3. The van der Waals surface area contributed by atoms with Gasteiger partial charge in [-0.05, 0) is 70.8 Å². The fraction of sp³-hybridized carbons (Fsp3) is 0.200. The van der Waals surface area contributed by atoms with Gasteiger partial charge in [0.15, 0.2) is 0 Å². The smallest absolute Gasteiger partial charge is 0.123 e. The number of rotatable bonds is 5. The molecule has 0 saturated carbocycles. The van der Waals surface area contributed by atoms with Gasteiger partial charge in [0, 0.05) is 11.8 Å². The molecule has 0 aromatic heterocycles. The molecular weight excluding hydrogens is 379 g/mol. The summed E-state index contributed by atoms with van der Waals surface area (Å²) in [6.45, 7) is 4.39. The molecule has 1 aliphatic carbocycles. The third-order valence-electron chi connectivity index (χ3n) is 6.72. The molecule has 0 amide bonds. The molecule has 0 N–H and O–H groups in total. The van der Waals surface area contributed by atoms with Crippen molar-refractivity contribution < 1.29 is 4.39 Å². The lowest BCUT2D eigenvalue weighted by molar-refractivity contribution is 0.626. The Morgan fingerprint density at radius 2 is 1.42 bits per heavy atom. The van der Waals surface area contributed by atoms with Crippen molar-refractivity contribution in [2.24, 2.45) is 0 Å². The average Bonchev–Trinajstić information content (AvgIpc) is 3.12. The van der Waals surface area contributed by atoms with Gasteiger partial charge in [-0.25, -0.2) is 4.39 Å². The van der Waals surface area contributed by atoms with Gasteiger partial charge in [0.2, 0.25) is 0 Å². The Bertz CT molecular complexity index is 1200. The maximum absolute atomic E-state index is 13.5. The molecule has 0 aliphatic heterocycles. The zero-order valence-electron chi connectivity index (χ0n) is 18.1. The van der Waals surface area contributed by atoms with Crippen LogP contribution in [-0.2, 0) is 6.42 Å². The fourth-order valence-electron chi connectivity index (χ4n) is 5.06. The number of halogens is 1. The number of hydrogen-bond donors (Lipinski definition) is 0. The summed E-state index contributed by atoms with van der Waals surface area (Å²) < 4.78 is 13.5. The third kappa shape index (κ3) is 3.70. The lowest BCUT2D eigenvalue weighted by Gasteiger charge is -2.20. The van der Waals surface area contributed by atoms with Gasteiger partial charge in [-0.1, -0.05) is 91.3 Å². The van der Waals surface area contributed by atoms with E-state index in [0.29, 0.717) is 5.92 Å². The first-order valence-electron chi connectivity index (χ1n) is 11.2. The van der Waals surface area contributed by atoms with Crippen LogP contribution in [0.25, 0.3) is 11.1 Å². The molecule has 31 heavy (non-hydrogen) atoms. The summed E-state index contributed by atoms with van der Waals surface area (Å²) in [5, 5.41) is 0. The minimum Gasteiger partial charge on any atom is -0.207 e. The van der Waals surface area contributed by atoms with E-state index in [4.69, 9.17) is 0 Å². The van der Waals surface area contributed by atoms with Gasteiger partial charge in [-0.3, -0.25) is 0 Å². The van der Waals surface area contributed by atoms with Crippen LogP contribution in [0.5, 0.6) is 0 Å². The molecular formula is C30H27F. The van der Waals surface area contributed by atoms with E-state index in [1.807, 2.05) is 12.1 Å². The molecule has 0 heterocycles. The Balaban J connectivity index is 1.60. The van der Waals surface area contributed by atoms with E-state index in [0.717, 1.165) is 18.4 Å². The molecule has 0 nitrogen and oxygen atoms in total. The first kappa shape index (κ1) is 19.8. The lowest BCUT2D eigenvalue weighted by atomic mass is 9.84. The van der Waals surface area contributed by atoms with Crippen molar-refractivity contribution in [1.29, 1.82) is 0 Å². The Morgan fingerprint density at radius 3 is 2.16 bits per heavy atom. The largest absolute Gasteiger partial charge is 0.207 e. The number of aryl methyl sites for hydroxylation is 1. The topological polar surface area (TPSA) is 0 Å². The molecule has 1 heteroatoms. The molecule has 0 fully saturated rings.